The maximum Gasteiger partial charge on any atom is 0.306 e. The molecule has 2 aliphatic rings. The monoisotopic (exact) mass is 436 g/mol. The minimum atomic E-state index is -0.497. The van der Waals surface area contributed by atoms with Crippen LogP contribution in [0.15, 0.2) is 36.4 Å². The normalized spacial score (nSPS) is 18.2. The summed E-state index contributed by atoms with van der Waals surface area (Å²) in [6, 6.07) is 11.0. The largest absolute Gasteiger partial charge is 0.456 e. The van der Waals surface area contributed by atoms with Gasteiger partial charge in [-0.15, -0.1) is 0 Å². The van der Waals surface area contributed by atoms with E-state index in [1.165, 1.54) is 4.90 Å². The van der Waals surface area contributed by atoms with Gasteiger partial charge < -0.3 is 9.64 Å². The number of imide groups is 1. The molecular weight excluding hydrogens is 408 g/mol. The van der Waals surface area contributed by atoms with Gasteiger partial charge in [-0.3, -0.25) is 24.1 Å². The van der Waals surface area contributed by atoms with Gasteiger partial charge in [0.25, 0.3) is 17.7 Å². The van der Waals surface area contributed by atoms with Crippen molar-refractivity contribution in [3.8, 4) is 0 Å². The van der Waals surface area contributed by atoms with E-state index in [1.54, 1.807) is 24.3 Å². The predicted octanol–water partition coefficient (Wildman–Crippen LogP) is 3.55. The number of ether oxygens (including phenoxy) is 1. The van der Waals surface area contributed by atoms with Crippen LogP contribution in [-0.2, 0) is 14.3 Å². The summed E-state index contributed by atoms with van der Waals surface area (Å²) in [5.41, 5.74) is 0.996. The Morgan fingerprint density at radius 1 is 1.03 bits per heavy atom. The van der Waals surface area contributed by atoms with Crippen molar-refractivity contribution in [3.05, 3.63) is 47.5 Å². The van der Waals surface area contributed by atoms with Crippen LogP contribution in [0.4, 0.5) is 0 Å². The lowest BCUT2D eigenvalue weighted by atomic mass is 9.94. The maximum atomic E-state index is 12.9. The molecule has 0 aliphatic carbocycles. The molecule has 4 rings (SSSR count). The molecule has 1 unspecified atom stereocenters. The lowest BCUT2D eigenvalue weighted by molar-refractivity contribution is -0.153. The van der Waals surface area contributed by atoms with Crippen molar-refractivity contribution in [1.82, 2.24) is 9.80 Å². The fraction of sp³-hybridized carbons (Fsp3) is 0.440. The number of hydrogen-bond acceptors (Lipinski definition) is 5. The minimum absolute atomic E-state index is 0.0351. The van der Waals surface area contributed by atoms with Crippen LogP contribution in [0.5, 0.6) is 0 Å². The molecule has 1 fully saturated rings. The first-order valence-corrected chi connectivity index (χ1v) is 11.3. The Morgan fingerprint density at radius 2 is 1.72 bits per heavy atom. The van der Waals surface area contributed by atoms with Crippen LogP contribution in [0.1, 0.15) is 66.2 Å². The molecule has 2 aliphatic heterocycles. The maximum absolute atomic E-state index is 12.9. The van der Waals surface area contributed by atoms with Crippen LogP contribution in [-0.4, -0.2) is 59.2 Å². The van der Waals surface area contributed by atoms with E-state index >= 15 is 0 Å². The van der Waals surface area contributed by atoms with Crippen LogP contribution in [0.25, 0.3) is 10.8 Å². The highest BCUT2D eigenvalue weighted by Gasteiger charge is 2.32. The van der Waals surface area contributed by atoms with Crippen molar-refractivity contribution in [2.24, 2.45) is 0 Å². The van der Waals surface area contributed by atoms with Gasteiger partial charge in [0.1, 0.15) is 0 Å². The smallest absolute Gasteiger partial charge is 0.306 e. The number of amides is 3. The molecule has 1 saturated heterocycles. The van der Waals surface area contributed by atoms with Gasteiger partial charge in [0.15, 0.2) is 6.61 Å². The number of likely N-dealkylation sites (tertiary alicyclic amines) is 1. The molecule has 0 spiro atoms. The summed E-state index contributed by atoms with van der Waals surface area (Å²) in [5.74, 6) is -1.35. The van der Waals surface area contributed by atoms with Gasteiger partial charge in [-0.05, 0) is 49.6 Å². The van der Waals surface area contributed by atoms with E-state index in [0.717, 1.165) is 31.1 Å². The summed E-state index contributed by atoms with van der Waals surface area (Å²) in [5, 5.41) is 1.54. The molecule has 0 saturated carbocycles. The summed E-state index contributed by atoms with van der Waals surface area (Å²) < 4.78 is 5.18. The zero-order valence-electron chi connectivity index (χ0n) is 18.3. The van der Waals surface area contributed by atoms with Crippen LogP contribution in [0.3, 0.4) is 0 Å². The molecule has 0 bridgehead atoms. The average Bonchev–Trinajstić information content (AvgIpc) is 2.82. The molecule has 3 amide bonds. The average molecular weight is 437 g/mol. The quantitative estimate of drug-likeness (QED) is 0.490. The molecule has 7 nitrogen and oxygen atoms in total. The Labute approximate surface area is 187 Å². The van der Waals surface area contributed by atoms with Crippen molar-refractivity contribution < 1.29 is 23.9 Å². The molecule has 2 aromatic carbocycles. The molecule has 1 atom stereocenters. The second-order valence-corrected chi connectivity index (χ2v) is 8.38. The van der Waals surface area contributed by atoms with Gasteiger partial charge in [0, 0.05) is 42.1 Å². The fourth-order valence-electron chi connectivity index (χ4n) is 4.72. The molecule has 168 valence electrons. The summed E-state index contributed by atoms with van der Waals surface area (Å²) in [6.45, 7) is 2.63. The Morgan fingerprint density at radius 3 is 2.38 bits per heavy atom. The molecule has 32 heavy (non-hydrogen) atoms. The zero-order chi connectivity index (χ0) is 22.7. The van der Waals surface area contributed by atoms with Gasteiger partial charge in [0.05, 0.1) is 0 Å². The van der Waals surface area contributed by atoms with Crippen molar-refractivity contribution in [2.75, 3.05) is 19.7 Å². The van der Waals surface area contributed by atoms with Crippen molar-refractivity contribution in [1.29, 1.82) is 0 Å². The highest BCUT2D eigenvalue weighted by atomic mass is 16.5. The summed E-state index contributed by atoms with van der Waals surface area (Å²) in [4.78, 5) is 53.4. The summed E-state index contributed by atoms with van der Waals surface area (Å²) in [7, 11) is 0. The molecule has 0 aromatic heterocycles. The van der Waals surface area contributed by atoms with E-state index < -0.39 is 5.97 Å². The number of benzene rings is 2. The number of rotatable bonds is 7. The van der Waals surface area contributed by atoms with Gasteiger partial charge in [-0.1, -0.05) is 31.2 Å². The van der Waals surface area contributed by atoms with E-state index in [4.69, 9.17) is 4.74 Å². The Bertz CT molecular complexity index is 1010. The number of carbonyl (C=O) groups excluding carboxylic acids is 4. The number of nitrogens with zero attached hydrogens (tertiary/aromatic N) is 2. The summed E-state index contributed by atoms with van der Waals surface area (Å²) >= 11 is 0. The highest BCUT2D eigenvalue weighted by molar-refractivity contribution is 6.25. The van der Waals surface area contributed by atoms with Crippen LogP contribution < -0.4 is 0 Å². The van der Waals surface area contributed by atoms with Gasteiger partial charge >= 0.3 is 5.97 Å². The summed E-state index contributed by atoms with van der Waals surface area (Å²) in [6.07, 6.45) is 4.30. The van der Waals surface area contributed by atoms with Crippen LogP contribution >= 0.6 is 0 Å². The minimum Gasteiger partial charge on any atom is -0.456 e. The molecule has 2 heterocycles. The predicted molar refractivity (Wildman–Crippen MR) is 119 cm³/mol. The van der Waals surface area contributed by atoms with Gasteiger partial charge in [0.2, 0.25) is 0 Å². The van der Waals surface area contributed by atoms with E-state index in [1.807, 2.05) is 17.0 Å². The van der Waals surface area contributed by atoms with Crippen molar-refractivity contribution >= 4 is 34.5 Å². The lowest BCUT2D eigenvalue weighted by Gasteiger charge is -2.35. The highest BCUT2D eigenvalue weighted by Crippen LogP contribution is 2.30. The first-order chi connectivity index (χ1) is 15.5. The molecule has 2 aromatic rings. The Kier molecular flexibility index (Phi) is 6.53. The van der Waals surface area contributed by atoms with Crippen molar-refractivity contribution in [2.45, 2.75) is 51.5 Å². The number of hydrogen-bond donors (Lipinski definition) is 0. The number of esters is 1. The topological polar surface area (TPSA) is 84.0 Å². The molecular formula is C25H28N2O5. The third kappa shape index (κ3) is 4.24. The first kappa shape index (κ1) is 22.0. The standard InChI is InChI=1S/C25H28N2O5/c1-2-18-10-3-4-14-26(18)21(28)16-32-22(29)13-7-15-27-24(30)19-11-5-8-17-9-6-12-20(23(17)19)25(27)31/h5-6,8-9,11-12,18H,2-4,7,10,13-16H2,1H3. The first-order valence-electron chi connectivity index (χ1n) is 11.3. The van der Waals surface area contributed by atoms with E-state index in [9.17, 15) is 19.2 Å². The second kappa shape index (κ2) is 9.51. The number of carbonyl (C=O) groups is 4. The van der Waals surface area contributed by atoms with Crippen LogP contribution in [0.2, 0.25) is 0 Å². The zero-order valence-corrected chi connectivity index (χ0v) is 18.3. The van der Waals surface area contributed by atoms with E-state index in [-0.39, 0.29) is 49.8 Å². The molecule has 7 heteroatoms. The van der Waals surface area contributed by atoms with Gasteiger partial charge in [-0.25, -0.2) is 0 Å². The molecule has 0 N–H and O–H groups in total. The Balaban J connectivity index is 1.30. The third-order valence-corrected chi connectivity index (χ3v) is 6.39. The fourth-order valence-corrected chi connectivity index (χ4v) is 4.72. The second-order valence-electron chi connectivity index (χ2n) is 8.38. The Hall–Kier alpha value is -3.22. The van der Waals surface area contributed by atoms with E-state index in [2.05, 4.69) is 6.92 Å². The molecule has 0 radical (unpaired) electrons. The third-order valence-electron chi connectivity index (χ3n) is 6.39. The van der Waals surface area contributed by atoms with Crippen molar-refractivity contribution in [3.63, 3.8) is 0 Å². The SMILES string of the molecule is CCC1CCCCN1C(=O)COC(=O)CCCN1C(=O)c2cccc3cccc(c23)C1=O. The lowest BCUT2D eigenvalue weighted by Crippen LogP contribution is -2.45. The van der Waals surface area contributed by atoms with E-state index in [0.29, 0.717) is 23.1 Å². The van der Waals surface area contributed by atoms with Gasteiger partial charge in [-0.2, -0.15) is 0 Å². The number of piperidine rings is 1. The van der Waals surface area contributed by atoms with Crippen LogP contribution in [0, 0.1) is 0 Å².